The first kappa shape index (κ1) is 15.9. The van der Waals surface area contributed by atoms with Crippen LogP contribution in [0.15, 0.2) is 24.3 Å². The van der Waals surface area contributed by atoms with Crippen LogP contribution in [0.3, 0.4) is 0 Å². The molecule has 118 valence electrons. The molecule has 1 heterocycles. The van der Waals surface area contributed by atoms with Crippen LogP contribution in [0.5, 0.6) is 0 Å². The fourth-order valence-corrected chi connectivity index (χ4v) is 2.54. The number of nitro benzene ring substituents is 1. The van der Waals surface area contributed by atoms with Gasteiger partial charge < -0.3 is 10.4 Å². The van der Waals surface area contributed by atoms with E-state index in [4.69, 9.17) is 5.11 Å². The third-order valence-corrected chi connectivity index (χ3v) is 3.59. The Balaban J connectivity index is 1.98. The summed E-state index contributed by atoms with van der Waals surface area (Å²) >= 11 is 0. The van der Waals surface area contributed by atoms with Crippen LogP contribution in [0, 0.1) is 10.1 Å². The van der Waals surface area contributed by atoms with E-state index in [1.807, 2.05) is 0 Å². The molecule has 1 unspecified atom stereocenters. The molecule has 8 heteroatoms. The highest BCUT2D eigenvalue weighted by atomic mass is 16.6. The molecule has 0 spiro atoms. The largest absolute Gasteiger partial charge is 0.480 e. The molecule has 0 bridgehead atoms. The number of aliphatic carboxylic acids is 1. The summed E-state index contributed by atoms with van der Waals surface area (Å²) in [4.78, 5) is 35.0. The van der Waals surface area contributed by atoms with Crippen molar-refractivity contribution in [3.8, 4) is 0 Å². The van der Waals surface area contributed by atoms with Crippen molar-refractivity contribution in [2.75, 3.05) is 18.4 Å². The molecule has 1 amide bonds. The smallest absolute Gasteiger partial charge is 0.320 e. The van der Waals surface area contributed by atoms with E-state index in [0.29, 0.717) is 18.7 Å². The Morgan fingerprint density at radius 2 is 2.18 bits per heavy atom. The summed E-state index contributed by atoms with van der Waals surface area (Å²) in [6, 6.07) is 4.98. The SMILES string of the molecule is O=C(CN1CCCCC1C(=O)O)Nc1cccc([N+](=O)[O-])c1. The number of non-ortho nitro benzene ring substituents is 1. The van der Waals surface area contributed by atoms with E-state index in [1.54, 1.807) is 11.0 Å². The summed E-state index contributed by atoms with van der Waals surface area (Å²) in [6.45, 7) is 0.513. The van der Waals surface area contributed by atoms with Crippen LogP contribution in [-0.4, -0.2) is 45.9 Å². The number of piperidine rings is 1. The first-order valence-electron chi connectivity index (χ1n) is 6.98. The van der Waals surface area contributed by atoms with E-state index in [-0.39, 0.29) is 18.1 Å². The molecule has 0 radical (unpaired) electrons. The van der Waals surface area contributed by atoms with Crippen LogP contribution in [-0.2, 0) is 9.59 Å². The molecule has 1 aromatic rings. The Kier molecular flexibility index (Phi) is 5.05. The number of likely N-dealkylation sites (tertiary alicyclic amines) is 1. The average Bonchev–Trinajstić information content (AvgIpc) is 2.47. The van der Waals surface area contributed by atoms with E-state index < -0.39 is 16.9 Å². The Hall–Kier alpha value is -2.48. The van der Waals surface area contributed by atoms with Crippen LogP contribution in [0.2, 0.25) is 0 Å². The molecule has 0 saturated carbocycles. The summed E-state index contributed by atoms with van der Waals surface area (Å²) in [7, 11) is 0. The van der Waals surface area contributed by atoms with Gasteiger partial charge in [0.15, 0.2) is 0 Å². The second-order valence-electron chi connectivity index (χ2n) is 5.18. The van der Waals surface area contributed by atoms with E-state index in [1.165, 1.54) is 18.2 Å². The molecule has 1 atom stereocenters. The molecular formula is C14H17N3O5. The highest BCUT2D eigenvalue weighted by Crippen LogP contribution is 2.19. The summed E-state index contributed by atoms with van der Waals surface area (Å²) in [5.74, 6) is -1.31. The van der Waals surface area contributed by atoms with Crippen molar-refractivity contribution >= 4 is 23.3 Å². The van der Waals surface area contributed by atoms with Gasteiger partial charge in [0.1, 0.15) is 6.04 Å². The molecule has 8 nitrogen and oxygen atoms in total. The van der Waals surface area contributed by atoms with Gasteiger partial charge in [0.05, 0.1) is 11.5 Å². The molecule has 22 heavy (non-hydrogen) atoms. The first-order valence-corrected chi connectivity index (χ1v) is 6.98. The molecule has 1 aliphatic heterocycles. The van der Waals surface area contributed by atoms with Crippen molar-refractivity contribution in [2.24, 2.45) is 0 Å². The summed E-state index contributed by atoms with van der Waals surface area (Å²) in [6.07, 6.45) is 2.22. The minimum absolute atomic E-state index is 0.0420. The van der Waals surface area contributed by atoms with Gasteiger partial charge in [0, 0.05) is 17.8 Å². The molecule has 2 rings (SSSR count). The number of nitrogens with zero attached hydrogens (tertiary/aromatic N) is 2. The second kappa shape index (κ2) is 6.99. The van der Waals surface area contributed by atoms with Gasteiger partial charge in [-0.2, -0.15) is 0 Å². The predicted molar refractivity (Wildman–Crippen MR) is 78.6 cm³/mol. The molecule has 1 aliphatic rings. The fraction of sp³-hybridized carbons (Fsp3) is 0.429. The van der Waals surface area contributed by atoms with Crippen molar-refractivity contribution in [3.63, 3.8) is 0 Å². The highest BCUT2D eigenvalue weighted by molar-refractivity contribution is 5.93. The van der Waals surface area contributed by atoms with E-state index in [9.17, 15) is 19.7 Å². The number of carbonyl (C=O) groups excluding carboxylic acids is 1. The summed E-state index contributed by atoms with van der Waals surface area (Å²) in [5, 5.41) is 22.4. The molecule has 1 saturated heterocycles. The van der Waals surface area contributed by atoms with Crippen molar-refractivity contribution in [2.45, 2.75) is 25.3 Å². The van der Waals surface area contributed by atoms with E-state index in [0.717, 1.165) is 12.8 Å². The lowest BCUT2D eigenvalue weighted by Crippen LogP contribution is -2.47. The third-order valence-electron chi connectivity index (χ3n) is 3.59. The molecule has 1 aromatic carbocycles. The number of hydrogen-bond acceptors (Lipinski definition) is 5. The monoisotopic (exact) mass is 307 g/mol. The number of carboxylic acid groups (broad SMARTS) is 1. The number of nitrogens with one attached hydrogen (secondary N) is 1. The van der Waals surface area contributed by atoms with Gasteiger partial charge in [0.25, 0.3) is 5.69 Å². The standard InChI is InChI=1S/C14H17N3O5/c18-13(9-16-7-2-1-6-12(16)14(19)20)15-10-4-3-5-11(8-10)17(21)22/h3-5,8,12H,1-2,6-7,9H2,(H,15,18)(H,19,20). The quantitative estimate of drug-likeness (QED) is 0.629. The third kappa shape index (κ3) is 4.01. The molecule has 1 fully saturated rings. The fourth-order valence-electron chi connectivity index (χ4n) is 2.54. The number of carboxylic acids is 1. The van der Waals surface area contributed by atoms with Crippen LogP contribution in [0.1, 0.15) is 19.3 Å². The topological polar surface area (TPSA) is 113 Å². The van der Waals surface area contributed by atoms with Gasteiger partial charge in [-0.05, 0) is 25.5 Å². The van der Waals surface area contributed by atoms with Crippen LogP contribution >= 0.6 is 0 Å². The Morgan fingerprint density at radius 3 is 2.86 bits per heavy atom. The number of nitro groups is 1. The van der Waals surface area contributed by atoms with E-state index in [2.05, 4.69) is 5.32 Å². The first-order chi connectivity index (χ1) is 10.5. The highest BCUT2D eigenvalue weighted by Gasteiger charge is 2.29. The minimum atomic E-state index is -0.928. The molecule has 2 N–H and O–H groups in total. The lowest BCUT2D eigenvalue weighted by atomic mass is 10.0. The van der Waals surface area contributed by atoms with Gasteiger partial charge in [0.2, 0.25) is 5.91 Å². The number of anilines is 1. The van der Waals surface area contributed by atoms with Crippen LogP contribution in [0.4, 0.5) is 11.4 Å². The van der Waals surface area contributed by atoms with Gasteiger partial charge in [-0.3, -0.25) is 24.6 Å². The number of amides is 1. The maximum absolute atomic E-state index is 12.0. The van der Waals surface area contributed by atoms with Gasteiger partial charge >= 0.3 is 5.97 Å². The van der Waals surface area contributed by atoms with Crippen molar-refractivity contribution < 1.29 is 19.6 Å². The maximum Gasteiger partial charge on any atom is 0.320 e. The van der Waals surface area contributed by atoms with Gasteiger partial charge in [-0.1, -0.05) is 12.5 Å². The van der Waals surface area contributed by atoms with Crippen LogP contribution in [0.25, 0.3) is 0 Å². The van der Waals surface area contributed by atoms with Crippen molar-refractivity contribution in [1.82, 2.24) is 4.90 Å². The Bertz CT molecular complexity index is 590. The lowest BCUT2D eigenvalue weighted by molar-refractivity contribution is -0.384. The number of hydrogen-bond donors (Lipinski definition) is 2. The number of carbonyl (C=O) groups is 2. The Labute approximate surface area is 126 Å². The minimum Gasteiger partial charge on any atom is -0.480 e. The zero-order valence-electron chi connectivity index (χ0n) is 11.9. The second-order valence-corrected chi connectivity index (χ2v) is 5.18. The normalized spacial score (nSPS) is 18.6. The lowest BCUT2D eigenvalue weighted by Gasteiger charge is -2.32. The molecule has 0 aromatic heterocycles. The number of rotatable bonds is 5. The predicted octanol–water partition coefficient (Wildman–Crippen LogP) is 1.47. The van der Waals surface area contributed by atoms with Crippen molar-refractivity contribution in [1.29, 1.82) is 0 Å². The maximum atomic E-state index is 12.0. The molecule has 0 aliphatic carbocycles. The van der Waals surface area contributed by atoms with E-state index >= 15 is 0 Å². The summed E-state index contributed by atoms with van der Waals surface area (Å²) < 4.78 is 0. The number of benzene rings is 1. The van der Waals surface area contributed by atoms with Crippen LogP contribution < -0.4 is 5.32 Å². The van der Waals surface area contributed by atoms with Gasteiger partial charge in [-0.25, -0.2) is 0 Å². The summed E-state index contributed by atoms with van der Waals surface area (Å²) in [5.41, 5.74) is 0.210. The zero-order chi connectivity index (χ0) is 16.1. The average molecular weight is 307 g/mol. The van der Waals surface area contributed by atoms with Crippen molar-refractivity contribution in [3.05, 3.63) is 34.4 Å². The molecular weight excluding hydrogens is 290 g/mol. The van der Waals surface area contributed by atoms with Gasteiger partial charge in [-0.15, -0.1) is 0 Å². The zero-order valence-corrected chi connectivity index (χ0v) is 11.9. The Morgan fingerprint density at radius 1 is 1.41 bits per heavy atom.